The van der Waals surface area contributed by atoms with E-state index in [9.17, 15) is 0 Å². The Kier molecular flexibility index (Phi) is 5.18. The van der Waals surface area contributed by atoms with Crippen molar-refractivity contribution in [3.05, 3.63) is 0 Å². The lowest BCUT2D eigenvalue weighted by molar-refractivity contribution is -0.273. The molecule has 0 N–H and O–H groups in total. The Morgan fingerprint density at radius 3 is 2.40 bits per heavy atom. The fourth-order valence-electron chi connectivity index (χ4n) is 10.3. The van der Waals surface area contributed by atoms with Crippen molar-refractivity contribution < 1.29 is 14.2 Å². The van der Waals surface area contributed by atoms with Gasteiger partial charge in [0.1, 0.15) is 0 Å². The number of rotatable bonds is 0. The maximum atomic E-state index is 6.92. The van der Waals surface area contributed by atoms with Crippen LogP contribution in [-0.2, 0) is 9.47 Å². The molecule has 2 saturated heterocycles. The Morgan fingerprint density at radius 1 is 0.800 bits per heavy atom. The minimum Gasteiger partial charge on any atom is -0.349 e. The molecule has 4 saturated carbocycles. The molecule has 0 aromatic heterocycles. The first-order chi connectivity index (χ1) is 13.9. The van der Waals surface area contributed by atoms with Crippen LogP contribution in [0.15, 0.2) is 0 Å². The van der Waals surface area contributed by atoms with Crippen LogP contribution in [-0.4, -0.2) is 18.5 Å². The number of halogens is 1. The third-order valence-corrected chi connectivity index (χ3v) is 11.9. The molecule has 1 spiro atoms. The quantitative estimate of drug-likeness (QED) is 0.421. The van der Waals surface area contributed by atoms with Crippen molar-refractivity contribution in [2.45, 2.75) is 110 Å². The Balaban J connectivity index is 0.00000193. The fraction of sp³-hybridized carbons (Fsp3) is 1.00. The van der Waals surface area contributed by atoms with Crippen molar-refractivity contribution in [3.8, 4) is 0 Å². The van der Waals surface area contributed by atoms with Crippen LogP contribution in [0.25, 0.3) is 0 Å². The van der Waals surface area contributed by atoms with Gasteiger partial charge < -0.3 is 9.47 Å². The van der Waals surface area contributed by atoms with E-state index in [1.165, 1.54) is 64.2 Å². The average molecular weight is 421 g/mol. The Morgan fingerprint density at radius 2 is 1.63 bits per heavy atom. The van der Waals surface area contributed by atoms with Gasteiger partial charge >= 0.3 is 0 Å². The van der Waals surface area contributed by atoms with E-state index in [0.29, 0.717) is 28.8 Å². The summed E-state index contributed by atoms with van der Waals surface area (Å²) >= 11 is 0. The van der Waals surface area contributed by atoms with E-state index in [-0.39, 0.29) is 10.5 Å². The van der Waals surface area contributed by atoms with E-state index in [1.807, 2.05) is 0 Å². The SMILES string of the molecule is CC1CC[C@@]2(OC1)O[C@H]1C[C@H]3[C@@H]4CC[C@@H]5CCCC[C@]5(C)[C@H]4CC[C@]3(C)[C@H]1[C@@H]2C.F. The van der Waals surface area contributed by atoms with Crippen molar-refractivity contribution in [1.29, 1.82) is 0 Å². The van der Waals surface area contributed by atoms with Crippen molar-refractivity contribution >= 4 is 0 Å². The Hall–Kier alpha value is -0.150. The van der Waals surface area contributed by atoms with Gasteiger partial charge in [-0.05, 0) is 97.7 Å². The van der Waals surface area contributed by atoms with Crippen LogP contribution in [0, 0.1) is 52.3 Å². The molecular weight excluding hydrogens is 375 g/mol. The molecule has 6 aliphatic rings. The molecular formula is C27H45FO2. The lowest BCUT2D eigenvalue weighted by Gasteiger charge is -2.61. The van der Waals surface area contributed by atoms with E-state index in [2.05, 4.69) is 27.7 Å². The zero-order valence-electron chi connectivity index (χ0n) is 19.8. The second kappa shape index (κ2) is 7.17. The molecule has 1 unspecified atom stereocenters. The smallest absolute Gasteiger partial charge is 0.171 e. The molecule has 2 aliphatic heterocycles. The van der Waals surface area contributed by atoms with Gasteiger partial charge in [-0.15, -0.1) is 0 Å². The Labute approximate surface area is 183 Å². The van der Waals surface area contributed by atoms with E-state index in [4.69, 9.17) is 9.47 Å². The van der Waals surface area contributed by atoms with Gasteiger partial charge in [-0.25, -0.2) is 0 Å². The highest BCUT2D eigenvalue weighted by Gasteiger charge is 2.68. The van der Waals surface area contributed by atoms with Gasteiger partial charge in [-0.3, -0.25) is 4.70 Å². The third-order valence-electron chi connectivity index (χ3n) is 11.9. The predicted molar refractivity (Wildman–Crippen MR) is 119 cm³/mol. The molecule has 2 nitrogen and oxygen atoms in total. The first kappa shape index (κ1) is 21.7. The first-order valence-corrected chi connectivity index (χ1v) is 13.2. The molecule has 0 bridgehead atoms. The topological polar surface area (TPSA) is 18.5 Å². The number of hydrogen-bond donors (Lipinski definition) is 0. The van der Waals surface area contributed by atoms with Crippen LogP contribution in [0.2, 0.25) is 0 Å². The average Bonchev–Trinajstić information content (AvgIpc) is 3.15. The summed E-state index contributed by atoms with van der Waals surface area (Å²) in [6.45, 7) is 11.1. The highest BCUT2D eigenvalue weighted by atomic mass is 19.0. The summed E-state index contributed by atoms with van der Waals surface area (Å²) in [5.41, 5.74) is 1.13. The molecule has 30 heavy (non-hydrogen) atoms. The molecule has 6 rings (SSSR count). The summed E-state index contributed by atoms with van der Waals surface area (Å²) in [5, 5.41) is 0. The van der Waals surface area contributed by atoms with E-state index < -0.39 is 0 Å². The van der Waals surface area contributed by atoms with E-state index in [0.717, 1.165) is 42.6 Å². The van der Waals surface area contributed by atoms with Crippen LogP contribution in [0.1, 0.15) is 98.3 Å². The van der Waals surface area contributed by atoms with Gasteiger partial charge in [0.15, 0.2) is 5.79 Å². The van der Waals surface area contributed by atoms with E-state index in [1.54, 1.807) is 0 Å². The molecule has 11 atom stereocenters. The highest BCUT2D eigenvalue weighted by Crippen LogP contribution is 2.71. The van der Waals surface area contributed by atoms with Crippen molar-refractivity contribution in [2.24, 2.45) is 52.3 Å². The summed E-state index contributed by atoms with van der Waals surface area (Å²) in [6.07, 6.45) is 16.2. The summed E-state index contributed by atoms with van der Waals surface area (Å²) in [4.78, 5) is 0. The minimum absolute atomic E-state index is 0. The maximum Gasteiger partial charge on any atom is 0.171 e. The van der Waals surface area contributed by atoms with Crippen LogP contribution >= 0.6 is 0 Å². The highest BCUT2D eigenvalue weighted by molar-refractivity contribution is 5.15. The van der Waals surface area contributed by atoms with E-state index >= 15 is 0 Å². The number of ether oxygens (including phenoxy) is 2. The monoisotopic (exact) mass is 420 g/mol. The van der Waals surface area contributed by atoms with Crippen LogP contribution in [0.4, 0.5) is 4.70 Å². The molecule has 2 heterocycles. The molecule has 0 radical (unpaired) electrons. The molecule has 172 valence electrons. The Bertz CT molecular complexity index is 657. The van der Waals surface area contributed by atoms with Gasteiger partial charge in [-0.2, -0.15) is 0 Å². The predicted octanol–water partition coefficient (Wildman–Crippen LogP) is 6.98. The summed E-state index contributed by atoms with van der Waals surface area (Å²) < 4.78 is 13.4. The van der Waals surface area contributed by atoms with Gasteiger partial charge in [-0.1, -0.05) is 40.5 Å². The zero-order valence-corrected chi connectivity index (χ0v) is 19.8. The normalized spacial score (nSPS) is 59.6. The zero-order chi connectivity index (χ0) is 20.0. The lowest BCUT2D eigenvalue weighted by atomic mass is 9.44. The van der Waals surface area contributed by atoms with Gasteiger partial charge in [0.25, 0.3) is 0 Å². The summed E-state index contributed by atoms with van der Waals surface area (Å²) in [6, 6.07) is 0. The van der Waals surface area contributed by atoms with Crippen LogP contribution in [0.3, 0.4) is 0 Å². The molecule has 4 aliphatic carbocycles. The standard InChI is InChI=1S/C27H44O2.FH/c1-17-10-14-27(28-16-17)18(2)24-23(29-27)15-22-20-9-8-19-7-5-6-12-25(19,3)21(20)11-13-26(22,24)4;/h17-24H,5-16H2,1-4H3;1H/t17?,18-,19-,20+,21-,22-,23-,24-,25-,26-,27+;/m0./s1. The van der Waals surface area contributed by atoms with Crippen molar-refractivity contribution in [2.75, 3.05) is 6.61 Å². The molecule has 0 amide bonds. The number of hydrogen-bond acceptors (Lipinski definition) is 2. The third kappa shape index (κ3) is 2.72. The fourth-order valence-corrected chi connectivity index (χ4v) is 10.3. The maximum absolute atomic E-state index is 6.92. The first-order valence-electron chi connectivity index (χ1n) is 13.2. The van der Waals surface area contributed by atoms with Crippen molar-refractivity contribution in [3.63, 3.8) is 0 Å². The molecule has 0 aromatic rings. The van der Waals surface area contributed by atoms with Gasteiger partial charge in [0, 0.05) is 12.3 Å². The molecule has 0 aromatic carbocycles. The molecule has 3 heteroatoms. The second-order valence-corrected chi connectivity index (χ2v) is 12.9. The largest absolute Gasteiger partial charge is 0.349 e. The van der Waals surface area contributed by atoms with Crippen LogP contribution in [0.5, 0.6) is 0 Å². The number of fused-ring (bicyclic) bond motifs is 7. The van der Waals surface area contributed by atoms with Gasteiger partial charge in [0.05, 0.1) is 12.7 Å². The van der Waals surface area contributed by atoms with Crippen molar-refractivity contribution in [1.82, 2.24) is 0 Å². The van der Waals surface area contributed by atoms with Crippen LogP contribution < -0.4 is 0 Å². The second-order valence-electron chi connectivity index (χ2n) is 12.9. The lowest BCUT2D eigenvalue weighted by Crippen LogP contribution is -2.54. The van der Waals surface area contributed by atoms with Gasteiger partial charge in [0.2, 0.25) is 0 Å². The molecule has 6 fully saturated rings. The summed E-state index contributed by atoms with van der Waals surface area (Å²) in [7, 11) is 0. The minimum atomic E-state index is -0.250. The summed E-state index contributed by atoms with van der Waals surface area (Å²) in [5.74, 6) is 5.62.